The van der Waals surface area contributed by atoms with Crippen LogP contribution in [0.5, 0.6) is 0 Å². The minimum Gasteiger partial charge on any atom is -0.374 e. The molecule has 3 heterocycles. The van der Waals surface area contributed by atoms with Gasteiger partial charge in [0.15, 0.2) is 0 Å². The molecule has 6 aromatic carbocycles. The number of fused-ring (bicyclic) bond motifs is 9. The molecule has 0 bridgehead atoms. The normalized spacial score (nSPS) is 18.3. The average molecular weight is 552 g/mol. The molecule has 0 amide bonds. The number of anilines is 1. The van der Waals surface area contributed by atoms with Gasteiger partial charge in [-0.1, -0.05) is 121 Å². The SMILES string of the molecule is C1=CC2NC(c3ccccc3)=CN2C=C1c1cccc(C2Nc3ccccc3-c3c2c2ccccc2c2ccccc32)c1. The molecule has 43 heavy (non-hydrogen) atoms. The fourth-order valence-electron chi connectivity index (χ4n) is 7.07. The Bertz CT molecular complexity index is 2150. The van der Waals surface area contributed by atoms with Crippen molar-refractivity contribution in [3.05, 3.63) is 174 Å². The van der Waals surface area contributed by atoms with E-state index in [2.05, 4.69) is 167 Å². The number of allylic oxidation sites excluding steroid dienone is 2. The molecule has 2 unspecified atom stereocenters. The summed E-state index contributed by atoms with van der Waals surface area (Å²) in [5.41, 5.74) is 11.1. The van der Waals surface area contributed by atoms with Gasteiger partial charge in [0.1, 0.15) is 6.17 Å². The Balaban J connectivity index is 1.18. The molecule has 3 aliphatic rings. The second-order valence-corrected chi connectivity index (χ2v) is 11.5. The van der Waals surface area contributed by atoms with Crippen molar-refractivity contribution in [3.8, 4) is 11.1 Å². The molecule has 0 aromatic heterocycles. The highest BCUT2D eigenvalue weighted by Gasteiger charge is 2.30. The molecule has 0 radical (unpaired) electrons. The largest absolute Gasteiger partial charge is 0.374 e. The Labute approximate surface area is 251 Å². The molecule has 3 nitrogen and oxygen atoms in total. The summed E-state index contributed by atoms with van der Waals surface area (Å²) in [7, 11) is 0. The number of para-hydroxylation sites is 1. The van der Waals surface area contributed by atoms with Gasteiger partial charge in [0.2, 0.25) is 0 Å². The van der Waals surface area contributed by atoms with Crippen LogP contribution in [0, 0.1) is 0 Å². The van der Waals surface area contributed by atoms with Gasteiger partial charge >= 0.3 is 0 Å². The van der Waals surface area contributed by atoms with Crippen molar-refractivity contribution in [2.75, 3.05) is 5.32 Å². The first kappa shape index (κ1) is 24.1. The monoisotopic (exact) mass is 551 g/mol. The van der Waals surface area contributed by atoms with Gasteiger partial charge in [-0.25, -0.2) is 0 Å². The lowest BCUT2D eigenvalue weighted by atomic mass is 9.80. The molecule has 9 rings (SSSR count). The van der Waals surface area contributed by atoms with Gasteiger partial charge in [0.25, 0.3) is 0 Å². The van der Waals surface area contributed by atoms with E-state index in [1.165, 1.54) is 66.2 Å². The number of nitrogens with zero attached hydrogens (tertiary/aromatic N) is 1. The van der Waals surface area contributed by atoms with E-state index in [0.29, 0.717) is 0 Å². The number of benzene rings is 6. The summed E-state index contributed by atoms with van der Waals surface area (Å²) in [6.07, 6.45) is 9.09. The van der Waals surface area contributed by atoms with Gasteiger partial charge < -0.3 is 15.5 Å². The van der Waals surface area contributed by atoms with E-state index in [0.717, 1.165) is 5.70 Å². The highest BCUT2D eigenvalue weighted by Crippen LogP contribution is 2.50. The minimum absolute atomic E-state index is 0.0123. The molecule has 2 N–H and O–H groups in total. The second-order valence-electron chi connectivity index (χ2n) is 11.5. The van der Waals surface area contributed by atoms with E-state index in [1.54, 1.807) is 0 Å². The van der Waals surface area contributed by atoms with Crippen LogP contribution in [0.2, 0.25) is 0 Å². The molecule has 6 aromatic rings. The van der Waals surface area contributed by atoms with Crippen LogP contribution in [0.4, 0.5) is 5.69 Å². The number of rotatable bonds is 3. The zero-order chi connectivity index (χ0) is 28.3. The molecule has 3 aliphatic heterocycles. The van der Waals surface area contributed by atoms with E-state index < -0.39 is 0 Å². The zero-order valence-electron chi connectivity index (χ0n) is 23.5. The van der Waals surface area contributed by atoms with Crippen molar-refractivity contribution in [1.82, 2.24) is 10.2 Å². The summed E-state index contributed by atoms with van der Waals surface area (Å²) in [5, 5.41) is 12.8. The fraction of sp³-hybridized carbons (Fsp3) is 0.0500. The van der Waals surface area contributed by atoms with Gasteiger partial charge in [-0.2, -0.15) is 0 Å². The van der Waals surface area contributed by atoms with Crippen LogP contribution in [-0.4, -0.2) is 11.1 Å². The summed E-state index contributed by atoms with van der Waals surface area (Å²) in [6, 6.07) is 46.1. The Morgan fingerprint density at radius 2 is 1.26 bits per heavy atom. The van der Waals surface area contributed by atoms with Crippen molar-refractivity contribution in [2.45, 2.75) is 12.2 Å². The molecular weight excluding hydrogens is 522 g/mol. The Hall–Kier alpha value is -5.54. The van der Waals surface area contributed by atoms with Crippen LogP contribution >= 0.6 is 0 Å². The lowest BCUT2D eigenvalue weighted by molar-refractivity contribution is 0.429. The van der Waals surface area contributed by atoms with E-state index in [1.807, 2.05) is 0 Å². The lowest BCUT2D eigenvalue weighted by Gasteiger charge is -2.33. The third-order valence-corrected chi connectivity index (χ3v) is 9.05. The third kappa shape index (κ3) is 3.82. The molecule has 0 saturated heterocycles. The minimum atomic E-state index is 0.0123. The number of nitrogens with one attached hydrogen (secondary N) is 2. The van der Waals surface area contributed by atoms with E-state index in [4.69, 9.17) is 0 Å². The maximum absolute atomic E-state index is 3.95. The lowest BCUT2D eigenvalue weighted by Crippen LogP contribution is -2.32. The smallest absolute Gasteiger partial charge is 0.122 e. The molecule has 2 atom stereocenters. The van der Waals surface area contributed by atoms with Gasteiger partial charge in [-0.3, -0.25) is 0 Å². The maximum Gasteiger partial charge on any atom is 0.122 e. The summed E-state index contributed by atoms with van der Waals surface area (Å²) in [5.74, 6) is 0. The second kappa shape index (κ2) is 9.50. The zero-order valence-corrected chi connectivity index (χ0v) is 23.5. The summed E-state index contributed by atoms with van der Waals surface area (Å²) < 4.78 is 0. The molecular formula is C40H29N3. The molecule has 0 aliphatic carbocycles. The summed E-state index contributed by atoms with van der Waals surface area (Å²) in [4.78, 5) is 2.27. The van der Waals surface area contributed by atoms with Crippen LogP contribution < -0.4 is 10.6 Å². The van der Waals surface area contributed by atoms with Crippen molar-refractivity contribution < 1.29 is 0 Å². The topological polar surface area (TPSA) is 27.3 Å². The summed E-state index contributed by atoms with van der Waals surface area (Å²) in [6.45, 7) is 0. The Morgan fingerprint density at radius 3 is 2.12 bits per heavy atom. The van der Waals surface area contributed by atoms with Crippen molar-refractivity contribution in [2.24, 2.45) is 0 Å². The molecule has 0 fully saturated rings. The first-order valence-electron chi connectivity index (χ1n) is 14.9. The van der Waals surface area contributed by atoms with Crippen LogP contribution in [0.1, 0.15) is 28.3 Å². The van der Waals surface area contributed by atoms with Crippen molar-refractivity contribution in [3.63, 3.8) is 0 Å². The quantitative estimate of drug-likeness (QED) is 0.215. The number of hydrogen-bond acceptors (Lipinski definition) is 3. The van der Waals surface area contributed by atoms with E-state index in [-0.39, 0.29) is 12.2 Å². The van der Waals surface area contributed by atoms with Crippen molar-refractivity contribution >= 4 is 38.5 Å². The predicted molar refractivity (Wildman–Crippen MR) is 179 cm³/mol. The average Bonchev–Trinajstić information content (AvgIpc) is 3.52. The molecule has 0 saturated carbocycles. The number of hydrogen-bond donors (Lipinski definition) is 2. The highest BCUT2D eigenvalue weighted by molar-refractivity contribution is 6.18. The third-order valence-electron chi connectivity index (χ3n) is 9.05. The van der Waals surface area contributed by atoms with Gasteiger partial charge in [0.05, 0.1) is 11.7 Å². The fourth-order valence-corrected chi connectivity index (χ4v) is 7.07. The van der Waals surface area contributed by atoms with Gasteiger partial charge in [0, 0.05) is 23.7 Å². The first-order chi connectivity index (χ1) is 21.3. The summed E-state index contributed by atoms with van der Waals surface area (Å²) >= 11 is 0. The molecule has 204 valence electrons. The van der Waals surface area contributed by atoms with E-state index >= 15 is 0 Å². The Morgan fingerprint density at radius 1 is 0.558 bits per heavy atom. The van der Waals surface area contributed by atoms with Crippen molar-refractivity contribution in [1.29, 1.82) is 0 Å². The molecule has 0 spiro atoms. The van der Waals surface area contributed by atoms with Crippen LogP contribution in [-0.2, 0) is 0 Å². The maximum atomic E-state index is 3.95. The Kier molecular flexibility index (Phi) is 5.32. The molecule has 3 heteroatoms. The van der Waals surface area contributed by atoms with Crippen LogP contribution in [0.25, 0.3) is 43.9 Å². The first-order valence-corrected chi connectivity index (χ1v) is 14.9. The van der Waals surface area contributed by atoms with E-state index in [9.17, 15) is 0 Å². The van der Waals surface area contributed by atoms with Crippen LogP contribution in [0.3, 0.4) is 0 Å². The van der Waals surface area contributed by atoms with Crippen LogP contribution in [0.15, 0.2) is 152 Å². The predicted octanol–water partition coefficient (Wildman–Crippen LogP) is 9.32. The highest BCUT2D eigenvalue weighted by atomic mass is 15.3. The van der Waals surface area contributed by atoms with Gasteiger partial charge in [-0.05, 0) is 73.1 Å². The standard InChI is InChI=1S/C40H29N3/c1-2-11-26(12-3-1)36-25-43-24-29(21-22-37(43)41-36)27-13-10-14-28(23-27)40-39-33-18-7-5-16-31(33)30-15-4-6-17-32(30)38(39)34-19-8-9-20-35(34)42-40/h1-25,37,40-42H. The van der Waals surface area contributed by atoms with Gasteiger partial charge in [-0.15, -0.1) is 0 Å².